The molecular formula is C21H26N2O4S. The molecule has 28 heavy (non-hydrogen) atoms. The van der Waals surface area contributed by atoms with E-state index in [1.54, 1.807) is 36.4 Å². The molecule has 7 heteroatoms. The summed E-state index contributed by atoms with van der Waals surface area (Å²) in [5.74, 6) is 0.381. The van der Waals surface area contributed by atoms with Crippen LogP contribution in [0.2, 0.25) is 0 Å². The number of benzene rings is 2. The fourth-order valence-electron chi connectivity index (χ4n) is 3.19. The van der Waals surface area contributed by atoms with Crippen molar-refractivity contribution in [3.8, 4) is 5.75 Å². The highest BCUT2D eigenvalue weighted by Crippen LogP contribution is 2.25. The van der Waals surface area contributed by atoms with E-state index in [1.807, 2.05) is 19.1 Å². The fraction of sp³-hybridized carbons (Fsp3) is 0.381. The average Bonchev–Trinajstić information content (AvgIpc) is 3.16. The van der Waals surface area contributed by atoms with Gasteiger partial charge in [0.2, 0.25) is 15.9 Å². The number of likely N-dealkylation sites (N-methyl/N-ethyl adjacent to an activating group) is 1. The van der Waals surface area contributed by atoms with Crippen LogP contribution in [-0.4, -0.2) is 38.3 Å². The van der Waals surface area contributed by atoms with Gasteiger partial charge in [-0.15, -0.1) is 0 Å². The van der Waals surface area contributed by atoms with E-state index in [9.17, 15) is 13.2 Å². The Labute approximate surface area is 166 Å². The number of aryl methyl sites for hydroxylation is 1. The van der Waals surface area contributed by atoms with E-state index < -0.39 is 15.9 Å². The number of anilines is 1. The number of amides is 1. The van der Waals surface area contributed by atoms with Gasteiger partial charge in [0.05, 0.1) is 17.5 Å². The zero-order valence-electron chi connectivity index (χ0n) is 16.2. The van der Waals surface area contributed by atoms with Gasteiger partial charge < -0.3 is 10.1 Å². The third kappa shape index (κ3) is 5.11. The normalized spacial score (nSPS) is 15.0. The number of carbonyl (C=O) groups is 1. The molecule has 0 saturated heterocycles. The maximum Gasteiger partial charge on any atom is 0.243 e. The molecule has 1 saturated carbocycles. The van der Waals surface area contributed by atoms with Gasteiger partial charge in [-0.2, -0.15) is 4.31 Å². The third-order valence-corrected chi connectivity index (χ3v) is 6.66. The highest BCUT2D eigenvalue weighted by Gasteiger charge is 2.23. The summed E-state index contributed by atoms with van der Waals surface area (Å²) >= 11 is 0. The van der Waals surface area contributed by atoms with E-state index in [0.29, 0.717) is 5.69 Å². The quantitative estimate of drug-likeness (QED) is 0.768. The number of ether oxygens (including phenoxy) is 1. The minimum absolute atomic E-state index is 0.168. The minimum Gasteiger partial charge on any atom is -0.490 e. The summed E-state index contributed by atoms with van der Waals surface area (Å²) in [4.78, 5) is 12.4. The maximum atomic E-state index is 12.6. The van der Waals surface area contributed by atoms with Crippen LogP contribution >= 0.6 is 0 Å². The van der Waals surface area contributed by atoms with Crippen LogP contribution in [0.15, 0.2) is 53.4 Å². The second-order valence-corrected chi connectivity index (χ2v) is 9.22. The van der Waals surface area contributed by atoms with Gasteiger partial charge in [-0.3, -0.25) is 4.79 Å². The number of sulfonamides is 1. The molecule has 2 aromatic rings. The minimum atomic E-state index is -3.71. The van der Waals surface area contributed by atoms with Gasteiger partial charge in [-0.25, -0.2) is 8.42 Å². The zero-order chi connectivity index (χ0) is 20.1. The lowest BCUT2D eigenvalue weighted by Crippen LogP contribution is -2.34. The van der Waals surface area contributed by atoms with Crippen molar-refractivity contribution in [2.75, 3.05) is 18.9 Å². The average molecular weight is 403 g/mol. The number of hydrogen-bond donors (Lipinski definition) is 1. The van der Waals surface area contributed by atoms with Gasteiger partial charge in [-0.1, -0.05) is 17.7 Å². The lowest BCUT2D eigenvalue weighted by Gasteiger charge is -2.17. The van der Waals surface area contributed by atoms with E-state index in [2.05, 4.69) is 5.32 Å². The van der Waals surface area contributed by atoms with Crippen molar-refractivity contribution in [1.82, 2.24) is 4.31 Å². The fourth-order valence-corrected chi connectivity index (χ4v) is 4.32. The van der Waals surface area contributed by atoms with Crippen molar-refractivity contribution in [2.45, 2.75) is 43.6 Å². The second kappa shape index (κ2) is 8.75. The molecule has 6 nitrogen and oxygen atoms in total. The molecule has 0 aromatic heterocycles. The summed E-state index contributed by atoms with van der Waals surface area (Å²) in [6.45, 7) is 1.62. The third-order valence-electron chi connectivity index (χ3n) is 4.84. The van der Waals surface area contributed by atoms with Crippen molar-refractivity contribution < 1.29 is 17.9 Å². The Kier molecular flexibility index (Phi) is 6.36. The Morgan fingerprint density at radius 3 is 2.29 bits per heavy atom. The van der Waals surface area contributed by atoms with E-state index in [4.69, 9.17) is 4.74 Å². The van der Waals surface area contributed by atoms with Gasteiger partial charge in [0.1, 0.15) is 5.75 Å². The summed E-state index contributed by atoms with van der Waals surface area (Å²) in [7, 11) is -2.31. The number of nitrogens with one attached hydrogen (secondary N) is 1. The molecule has 0 aliphatic heterocycles. The number of nitrogens with zero attached hydrogens (tertiary/aromatic N) is 1. The van der Waals surface area contributed by atoms with Crippen LogP contribution in [0, 0.1) is 6.92 Å². The number of carbonyl (C=O) groups excluding carboxylic acids is 1. The van der Waals surface area contributed by atoms with Crippen molar-refractivity contribution in [2.24, 2.45) is 0 Å². The first kappa shape index (κ1) is 20.4. The Bertz CT molecular complexity index is 902. The molecule has 0 radical (unpaired) electrons. The van der Waals surface area contributed by atoms with Crippen LogP contribution in [0.3, 0.4) is 0 Å². The lowest BCUT2D eigenvalue weighted by atomic mass is 10.2. The molecule has 0 unspecified atom stereocenters. The molecule has 0 heterocycles. The van der Waals surface area contributed by atoms with Crippen LogP contribution in [0.25, 0.3) is 0 Å². The molecule has 1 fully saturated rings. The molecule has 0 atom stereocenters. The summed E-state index contributed by atoms with van der Waals surface area (Å²) in [5.41, 5.74) is 1.57. The molecule has 3 rings (SSSR count). The van der Waals surface area contributed by atoms with Crippen molar-refractivity contribution in [1.29, 1.82) is 0 Å². The van der Waals surface area contributed by atoms with Crippen LogP contribution < -0.4 is 10.1 Å². The van der Waals surface area contributed by atoms with Gasteiger partial charge >= 0.3 is 0 Å². The SMILES string of the molecule is Cc1ccc(S(=O)(=O)N(C)CC(=O)Nc2ccc(OC3CCCC3)cc2)cc1. The smallest absolute Gasteiger partial charge is 0.243 e. The Balaban J connectivity index is 1.56. The monoisotopic (exact) mass is 402 g/mol. The molecule has 0 bridgehead atoms. The Hall–Kier alpha value is -2.38. The highest BCUT2D eigenvalue weighted by atomic mass is 32.2. The molecular weight excluding hydrogens is 376 g/mol. The molecule has 2 aromatic carbocycles. The first-order valence-electron chi connectivity index (χ1n) is 9.44. The Morgan fingerprint density at radius 2 is 1.68 bits per heavy atom. The summed E-state index contributed by atoms with van der Waals surface area (Å²) in [6.07, 6.45) is 4.86. The van der Waals surface area contributed by atoms with Gasteiger partial charge in [-0.05, 0) is 69.0 Å². The second-order valence-electron chi connectivity index (χ2n) is 7.17. The summed E-state index contributed by atoms with van der Waals surface area (Å²) in [6, 6.07) is 13.7. The lowest BCUT2D eigenvalue weighted by molar-refractivity contribution is -0.116. The Morgan fingerprint density at radius 1 is 1.07 bits per heavy atom. The predicted octanol–water partition coefficient (Wildman–Crippen LogP) is 3.58. The van der Waals surface area contributed by atoms with Crippen molar-refractivity contribution in [3.05, 3.63) is 54.1 Å². The van der Waals surface area contributed by atoms with Crippen molar-refractivity contribution in [3.63, 3.8) is 0 Å². The van der Waals surface area contributed by atoms with Crippen LogP contribution in [0.5, 0.6) is 5.75 Å². The zero-order valence-corrected chi connectivity index (χ0v) is 17.0. The number of rotatable bonds is 7. The van der Waals surface area contributed by atoms with E-state index in [-0.39, 0.29) is 17.5 Å². The highest BCUT2D eigenvalue weighted by molar-refractivity contribution is 7.89. The largest absolute Gasteiger partial charge is 0.490 e. The molecule has 1 amide bonds. The topological polar surface area (TPSA) is 75.7 Å². The molecule has 1 N–H and O–H groups in total. The molecule has 1 aliphatic carbocycles. The first-order valence-corrected chi connectivity index (χ1v) is 10.9. The van der Waals surface area contributed by atoms with Crippen LogP contribution in [0.4, 0.5) is 5.69 Å². The van der Waals surface area contributed by atoms with Crippen LogP contribution in [-0.2, 0) is 14.8 Å². The van der Waals surface area contributed by atoms with Crippen LogP contribution in [0.1, 0.15) is 31.2 Å². The van der Waals surface area contributed by atoms with Crippen molar-refractivity contribution >= 4 is 21.6 Å². The van der Waals surface area contributed by atoms with E-state index in [0.717, 1.165) is 28.5 Å². The van der Waals surface area contributed by atoms with E-state index >= 15 is 0 Å². The summed E-state index contributed by atoms with van der Waals surface area (Å²) < 4.78 is 32.1. The summed E-state index contributed by atoms with van der Waals surface area (Å²) in [5, 5.41) is 2.73. The molecule has 0 spiro atoms. The van der Waals surface area contributed by atoms with Gasteiger partial charge in [0.15, 0.2) is 0 Å². The predicted molar refractivity (Wildman–Crippen MR) is 109 cm³/mol. The van der Waals surface area contributed by atoms with Gasteiger partial charge in [0, 0.05) is 12.7 Å². The molecule has 150 valence electrons. The first-order chi connectivity index (χ1) is 13.3. The molecule has 1 aliphatic rings. The maximum absolute atomic E-state index is 12.6. The van der Waals surface area contributed by atoms with E-state index in [1.165, 1.54) is 19.9 Å². The number of hydrogen-bond acceptors (Lipinski definition) is 4. The van der Waals surface area contributed by atoms with Gasteiger partial charge in [0.25, 0.3) is 0 Å². The standard InChI is InChI=1S/C21H26N2O4S/c1-16-7-13-20(14-8-16)28(25,26)23(2)15-21(24)22-17-9-11-19(12-10-17)27-18-5-3-4-6-18/h7-14,18H,3-6,15H2,1-2H3,(H,22,24).